The summed E-state index contributed by atoms with van der Waals surface area (Å²) in [5.41, 5.74) is 2.50. The predicted molar refractivity (Wildman–Crippen MR) is 96.5 cm³/mol. The van der Waals surface area contributed by atoms with Gasteiger partial charge in [-0.1, -0.05) is 24.3 Å². The highest BCUT2D eigenvalue weighted by atomic mass is 32.2. The third-order valence-corrected chi connectivity index (χ3v) is 7.72. The van der Waals surface area contributed by atoms with E-state index in [1.165, 1.54) is 26.9 Å². The Labute approximate surface area is 151 Å². The SMILES string of the molecule is Cc1ccccc1CN1CCN(S(=O)(=O)c2cc(C(=O)O)cs2)CC1. The fraction of sp³-hybridized carbons (Fsp3) is 0.353. The molecule has 0 bridgehead atoms. The van der Waals surface area contributed by atoms with Crippen LogP contribution in [0.3, 0.4) is 0 Å². The lowest BCUT2D eigenvalue weighted by atomic mass is 10.1. The number of rotatable bonds is 5. The van der Waals surface area contributed by atoms with E-state index in [0.717, 1.165) is 17.9 Å². The molecule has 134 valence electrons. The van der Waals surface area contributed by atoms with E-state index < -0.39 is 16.0 Å². The molecule has 25 heavy (non-hydrogen) atoms. The average Bonchev–Trinajstić information content (AvgIpc) is 3.09. The monoisotopic (exact) mass is 380 g/mol. The van der Waals surface area contributed by atoms with E-state index >= 15 is 0 Å². The van der Waals surface area contributed by atoms with Crippen LogP contribution >= 0.6 is 11.3 Å². The predicted octanol–water partition coefficient (Wildman–Crippen LogP) is 2.26. The number of piperazine rings is 1. The largest absolute Gasteiger partial charge is 0.478 e. The van der Waals surface area contributed by atoms with Gasteiger partial charge in [-0.3, -0.25) is 4.90 Å². The molecule has 8 heteroatoms. The first-order valence-electron chi connectivity index (χ1n) is 7.97. The molecule has 1 N–H and O–H groups in total. The van der Waals surface area contributed by atoms with Crippen LogP contribution in [0.2, 0.25) is 0 Å². The molecule has 2 heterocycles. The molecule has 6 nitrogen and oxygen atoms in total. The van der Waals surface area contributed by atoms with Crippen LogP contribution in [-0.4, -0.2) is 54.9 Å². The Kier molecular flexibility index (Phi) is 5.24. The molecule has 0 radical (unpaired) electrons. The van der Waals surface area contributed by atoms with Gasteiger partial charge in [-0.05, 0) is 24.1 Å². The first-order valence-corrected chi connectivity index (χ1v) is 10.3. The van der Waals surface area contributed by atoms with Crippen LogP contribution in [0.15, 0.2) is 39.9 Å². The fourth-order valence-corrected chi connectivity index (χ4v) is 5.58. The van der Waals surface area contributed by atoms with Gasteiger partial charge in [-0.2, -0.15) is 4.31 Å². The molecule has 1 aliphatic heterocycles. The summed E-state index contributed by atoms with van der Waals surface area (Å²) in [5, 5.41) is 10.3. The van der Waals surface area contributed by atoms with Gasteiger partial charge in [0.25, 0.3) is 10.0 Å². The Morgan fingerprint density at radius 1 is 1.20 bits per heavy atom. The number of hydrogen-bond acceptors (Lipinski definition) is 5. The van der Waals surface area contributed by atoms with Crippen LogP contribution in [0, 0.1) is 6.92 Å². The number of benzene rings is 1. The molecular formula is C17H20N2O4S2. The Balaban J connectivity index is 1.65. The van der Waals surface area contributed by atoms with Gasteiger partial charge in [0.05, 0.1) is 5.56 Å². The molecule has 0 amide bonds. The van der Waals surface area contributed by atoms with Crippen molar-refractivity contribution in [1.82, 2.24) is 9.21 Å². The second-order valence-corrected chi connectivity index (χ2v) is 9.14. The zero-order chi connectivity index (χ0) is 18.0. The molecule has 1 aromatic carbocycles. The van der Waals surface area contributed by atoms with Gasteiger partial charge in [0.1, 0.15) is 4.21 Å². The topological polar surface area (TPSA) is 77.9 Å². The van der Waals surface area contributed by atoms with Crippen LogP contribution in [0.5, 0.6) is 0 Å². The number of hydrogen-bond donors (Lipinski definition) is 1. The third kappa shape index (κ3) is 3.92. The number of carbonyl (C=O) groups is 1. The van der Waals surface area contributed by atoms with Crippen molar-refractivity contribution >= 4 is 27.3 Å². The van der Waals surface area contributed by atoms with Crippen molar-refractivity contribution in [2.24, 2.45) is 0 Å². The lowest BCUT2D eigenvalue weighted by molar-refractivity contribution is 0.0697. The van der Waals surface area contributed by atoms with Gasteiger partial charge in [-0.25, -0.2) is 13.2 Å². The maximum absolute atomic E-state index is 12.7. The molecule has 1 saturated heterocycles. The van der Waals surface area contributed by atoms with E-state index in [1.54, 1.807) is 0 Å². The molecule has 3 rings (SSSR count). The maximum Gasteiger partial charge on any atom is 0.336 e. The second kappa shape index (κ2) is 7.25. The third-order valence-electron chi connectivity index (χ3n) is 4.40. The number of carboxylic acid groups (broad SMARTS) is 1. The summed E-state index contributed by atoms with van der Waals surface area (Å²) in [6.07, 6.45) is 0. The normalized spacial score (nSPS) is 16.8. The smallest absolute Gasteiger partial charge is 0.336 e. The van der Waals surface area contributed by atoms with Crippen molar-refractivity contribution in [1.29, 1.82) is 0 Å². The van der Waals surface area contributed by atoms with Crippen LogP contribution in [0.4, 0.5) is 0 Å². The lowest BCUT2D eigenvalue weighted by Gasteiger charge is -2.33. The number of sulfonamides is 1. The highest BCUT2D eigenvalue weighted by Gasteiger charge is 2.30. The van der Waals surface area contributed by atoms with Gasteiger partial charge in [0, 0.05) is 38.1 Å². The van der Waals surface area contributed by atoms with Gasteiger partial charge >= 0.3 is 5.97 Å². The summed E-state index contributed by atoms with van der Waals surface area (Å²) in [7, 11) is -3.62. The zero-order valence-corrected chi connectivity index (χ0v) is 15.5. The quantitative estimate of drug-likeness (QED) is 0.861. The van der Waals surface area contributed by atoms with Crippen LogP contribution in [0.1, 0.15) is 21.5 Å². The van der Waals surface area contributed by atoms with Crippen LogP contribution < -0.4 is 0 Å². The Morgan fingerprint density at radius 2 is 1.88 bits per heavy atom. The minimum Gasteiger partial charge on any atom is -0.478 e. The van der Waals surface area contributed by atoms with Crippen LogP contribution in [0.25, 0.3) is 0 Å². The molecule has 0 saturated carbocycles. The summed E-state index contributed by atoms with van der Waals surface area (Å²) in [6.45, 7) is 5.02. The van der Waals surface area contributed by atoms with Gasteiger partial charge in [-0.15, -0.1) is 11.3 Å². The van der Waals surface area contributed by atoms with Gasteiger partial charge in [0.15, 0.2) is 0 Å². The van der Waals surface area contributed by atoms with Gasteiger partial charge < -0.3 is 5.11 Å². The van der Waals surface area contributed by atoms with Gasteiger partial charge in [0.2, 0.25) is 0 Å². The standard InChI is InChI=1S/C17H20N2O4S2/c1-13-4-2-3-5-14(13)11-18-6-8-19(9-7-18)25(22,23)16-10-15(12-24-16)17(20)21/h2-5,10,12H,6-9,11H2,1H3,(H,20,21). The van der Waals surface area contributed by atoms with E-state index in [9.17, 15) is 13.2 Å². The molecular weight excluding hydrogens is 360 g/mol. The molecule has 1 aromatic heterocycles. The van der Waals surface area contributed by atoms with E-state index in [1.807, 2.05) is 12.1 Å². The van der Waals surface area contributed by atoms with Crippen molar-refractivity contribution < 1.29 is 18.3 Å². The van der Waals surface area contributed by atoms with E-state index in [-0.39, 0.29) is 9.77 Å². The minimum absolute atomic E-state index is 0.0155. The second-order valence-electron chi connectivity index (χ2n) is 6.07. The van der Waals surface area contributed by atoms with Crippen molar-refractivity contribution in [2.75, 3.05) is 26.2 Å². The summed E-state index contributed by atoms with van der Waals surface area (Å²) in [5.74, 6) is -1.11. The first kappa shape index (κ1) is 18.1. The maximum atomic E-state index is 12.7. The summed E-state index contributed by atoms with van der Waals surface area (Å²) in [6, 6.07) is 9.43. The first-order chi connectivity index (χ1) is 11.9. The lowest BCUT2D eigenvalue weighted by Crippen LogP contribution is -2.48. The number of nitrogens with zero attached hydrogens (tertiary/aromatic N) is 2. The number of thiophene rings is 1. The molecule has 0 spiro atoms. The summed E-state index contributed by atoms with van der Waals surface area (Å²) >= 11 is 0.960. The highest BCUT2D eigenvalue weighted by molar-refractivity contribution is 7.91. The number of aryl methyl sites for hydroxylation is 1. The van der Waals surface area contributed by atoms with Crippen molar-refractivity contribution in [3.8, 4) is 0 Å². The molecule has 0 atom stereocenters. The minimum atomic E-state index is -3.62. The average molecular weight is 380 g/mol. The van der Waals surface area contributed by atoms with Crippen molar-refractivity contribution in [2.45, 2.75) is 17.7 Å². The van der Waals surface area contributed by atoms with Crippen LogP contribution in [-0.2, 0) is 16.6 Å². The van der Waals surface area contributed by atoms with Crippen molar-refractivity contribution in [3.05, 3.63) is 52.4 Å². The highest BCUT2D eigenvalue weighted by Crippen LogP contribution is 2.25. The summed E-state index contributed by atoms with van der Waals surface area (Å²) in [4.78, 5) is 13.2. The summed E-state index contributed by atoms with van der Waals surface area (Å²) < 4.78 is 26.9. The number of carboxylic acids is 1. The van der Waals surface area contributed by atoms with E-state index in [4.69, 9.17) is 5.11 Å². The van der Waals surface area contributed by atoms with E-state index in [2.05, 4.69) is 24.0 Å². The Hall–Kier alpha value is -1.74. The Morgan fingerprint density at radius 3 is 2.48 bits per heavy atom. The van der Waals surface area contributed by atoms with Crippen molar-refractivity contribution in [3.63, 3.8) is 0 Å². The molecule has 0 aliphatic carbocycles. The molecule has 1 fully saturated rings. The Bertz CT molecular complexity index is 868. The molecule has 2 aromatic rings. The zero-order valence-electron chi connectivity index (χ0n) is 13.9. The van der Waals surface area contributed by atoms with E-state index in [0.29, 0.717) is 26.2 Å². The number of aromatic carboxylic acids is 1. The molecule has 1 aliphatic rings. The fourth-order valence-electron chi connectivity index (χ4n) is 2.85. The molecule has 0 unspecified atom stereocenters.